The smallest absolute Gasteiger partial charge is 0.355 e. The second kappa shape index (κ2) is 8.41. The van der Waals surface area contributed by atoms with Crippen LogP contribution in [0.3, 0.4) is 0 Å². The van der Waals surface area contributed by atoms with Crippen LogP contribution < -0.4 is 15.1 Å². The molecule has 0 N–H and O–H groups in total. The minimum Gasteiger partial charge on any atom is -0.489 e. The van der Waals surface area contributed by atoms with E-state index in [9.17, 15) is 4.79 Å². The van der Waals surface area contributed by atoms with Crippen molar-refractivity contribution in [2.75, 3.05) is 0 Å². The number of halogens is 1. The molecule has 0 aliphatic heterocycles. The van der Waals surface area contributed by atoms with E-state index in [1.165, 1.54) is 0 Å². The average Bonchev–Trinajstić information content (AvgIpc) is 2.75. The number of rotatable bonds is 6. The fraction of sp³-hybridized carbons (Fsp3) is 0.125. The number of ether oxygens (including phenoxy) is 2. The standard InChI is InChI=1S/C24H19ClO4/c1-16-22-20(28-15-18-10-6-3-7-11-18)12-19(13-21(22)29-24(26)23(16)25)27-14-17-8-4-2-5-9-17/h2-13H,14-15H2,1H3. The number of aryl methyl sites for hydroxylation is 1. The van der Waals surface area contributed by atoms with Gasteiger partial charge >= 0.3 is 5.63 Å². The first kappa shape index (κ1) is 19.1. The van der Waals surface area contributed by atoms with Crippen molar-refractivity contribution in [1.29, 1.82) is 0 Å². The molecular weight excluding hydrogens is 388 g/mol. The van der Waals surface area contributed by atoms with Crippen LogP contribution in [-0.4, -0.2) is 0 Å². The topological polar surface area (TPSA) is 48.7 Å². The van der Waals surface area contributed by atoms with Crippen LogP contribution in [0.25, 0.3) is 11.0 Å². The summed E-state index contributed by atoms with van der Waals surface area (Å²) in [6.07, 6.45) is 0. The zero-order valence-corrected chi connectivity index (χ0v) is 16.6. The van der Waals surface area contributed by atoms with Crippen molar-refractivity contribution < 1.29 is 13.9 Å². The summed E-state index contributed by atoms with van der Waals surface area (Å²) in [4.78, 5) is 12.1. The van der Waals surface area contributed by atoms with Gasteiger partial charge in [0, 0.05) is 12.1 Å². The molecule has 0 fully saturated rings. The van der Waals surface area contributed by atoms with Crippen LogP contribution in [0, 0.1) is 6.92 Å². The highest BCUT2D eigenvalue weighted by atomic mass is 35.5. The van der Waals surface area contributed by atoms with E-state index in [1.54, 1.807) is 19.1 Å². The Balaban J connectivity index is 1.71. The summed E-state index contributed by atoms with van der Waals surface area (Å²) in [7, 11) is 0. The molecule has 0 aliphatic rings. The van der Waals surface area contributed by atoms with Gasteiger partial charge in [-0.3, -0.25) is 0 Å². The number of hydrogen-bond acceptors (Lipinski definition) is 4. The van der Waals surface area contributed by atoms with Gasteiger partial charge in [0.05, 0.1) is 5.39 Å². The molecule has 1 heterocycles. The van der Waals surface area contributed by atoms with Crippen LogP contribution in [0.4, 0.5) is 0 Å². The van der Waals surface area contributed by atoms with Gasteiger partial charge in [0.1, 0.15) is 35.3 Å². The highest BCUT2D eigenvalue weighted by Crippen LogP contribution is 2.35. The molecule has 5 heteroatoms. The molecule has 0 aliphatic carbocycles. The number of hydrogen-bond donors (Lipinski definition) is 0. The molecule has 146 valence electrons. The summed E-state index contributed by atoms with van der Waals surface area (Å²) in [5, 5.41) is 0.720. The lowest BCUT2D eigenvalue weighted by molar-refractivity contribution is 0.292. The number of fused-ring (bicyclic) bond motifs is 1. The molecular formula is C24H19ClO4. The van der Waals surface area contributed by atoms with Gasteiger partial charge in [-0.2, -0.15) is 0 Å². The lowest BCUT2D eigenvalue weighted by Gasteiger charge is -2.14. The van der Waals surface area contributed by atoms with Gasteiger partial charge in [-0.25, -0.2) is 4.79 Å². The highest BCUT2D eigenvalue weighted by Gasteiger charge is 2.16. The summed E-state index contributed by atoms with van der Waals surface area (Å²) in [6.45, 7) is 2.54. The van der Waals surface area contributed by atoms with Crippen LogP contribution in [0.1, 0.15) is 16.7 Å². The van der Waals surface area contributed by atoms with Crippen molar-refractivity contribution in [2.45, 2.75) is 20.1 Å². The molecule has 4 rings (SSSR count). The maximum atomic E-state index is 12.1. The first-order valence-corrected chi connectivity index (χ1v) is 9.60. The van der Waals surface area contributed by atoms with E-state index in [-0.39, 0.29) is 5.02 Å². The second-order valence-electron chi connectivity index (χ2n) is 6.67. The van der Waals surface area contributed by atoms with Crippen LogP contribution >= 0.6 is 11.6 Å². The first-order valence-electron chi connectivity index (χ1n) is 9.22. The molecule has 3 aromatic carbocycles. The molecule has 0 saturated carbocycles. The summed E-state index contributed by atoms with van der Waals surface area (Å²) in [5.41, 5.74) is 2.48. The molecule has 0 unspecified atom stereocenters. The summed E-state index contributed by atoms with van der Waals surface area (Å²) in [6, 6.07) is 23.2. The van der Waals surface area contributed by atoms with E-state index in [1.807, 2.05) is 60.7 Å². The molecule has 1 aromatic heterocycles. The van der Waals surface area contributed by atoms with Gasteiger partial charge in [0.2, 0.25) is 0 Å². The van der Waals surface area contributed by atoms with Crippen LogP contribution in [0.2, 0.25) is 5.02 Å². The normalized spacial score (nSPS) is 10.8. The van der Waals surface area contributed by atoms with Gasteiger partial charge in [0.25, 0.3) is 0 Å². The Morgan fingerprint density at radius 3 is 2.07 bits per heavy atom. The zero-order chi connectivity index (χ0) is 20.2. The summed E-state index contributed by atoms with van der Waals surface area (Å²) >= 11 is 6.13. The second-order valence-corrected chi connectivity index (χ2v) is 7.05. The van der Waals surface area contributed by atoms with Gasteiger partial charge < -0.3 is 13.9 Å². The first-order chi connectivity index (χ1) is 14.1. The maximum Gasteiger partial charge on any atom is 0.355 e. The third kappa shape index (κ3) is 4.28. The van der Waals surface area contributed by atoms with E-state index in [4.69, 9.17) is 25.5 Å². The van der Waals surface area contributed by atoms with E-state index >= 15 is 0 Å². The van der Waals surface area contributed by atoms with Crippen molar-refractivity contribution in [3.63, 3.8) is 0 Å². The average molecular weight is 407 g/mol. The Labute approximate surface area is 173 Å². The summed E-state index contributed by atoms with van der Waals surface area (Å²) < 4.78 is 17.4. The lowest BCUT2D eigenvalue weighted by Crippen LogP contribution is -2.04. The molecule has 4 aromatic rings. The van der Waals surface area contributed by atoms with E-state index < -0.39 is 5.63 Å². The third-order valence-corrected chi connectivity index (χ3v) is 5.05. The SMILES string of the molecule is Cc1c(Cl)c(=O)oc2cc(OCc3ccccc3)cc(OCc3ccccc3)c12. The van der Waals surface area contributed by atoms with E-state index in [2.05, 4.69) is 0 Å². The van der Waals surface area contributed by atoms with Crippen molar-refractivity contribution in [3.8, 4) is 11.5 Å². The van der Waals surface area contributed by atoms with Gasteiger partial charge in [-0.15, -0.1) is 0 Å². The minimum absolute atomic E-state index is 0.0556. The van der Waals surface area contributed by atoms with Crippen molar-refractivity contribution in [1.82, 2.24) is 0 Å². The largest absolute Gasteiger partial charge is 0.489 e. The van der Waals surface area contributed by atoms with Crippen molar-refractivity contribution in [2.24, 2.45) is 0 Å². The fourth-order valence-electron chi connectivity index (χ4n) is 3.10. The maximum absolute atomic E-state index is 12.1. The predicted molar refractivity (Wildman–Crippen MR) is 114 cm³/mol. The Kier molecular flexibility index (Phi) is 5.54. The summed E-state index contributed by atoms with van der Waals surface area (Å²) in [5.74, 6) is 1.10. The monoisotopic (exact) mass is 406 g/mol. The van der Waals surface area contributed by atoms with Gasteiger partial charge in [-0.1, -0.05) is 72.3 Å². The molecule has 0 bridgehead atoms. The number of benzene rings is 3. The van der Waals surface area contributed by atoms with Crippen molar-refractivity contribution >= 4 is 22.6 Å². The molecule has 0 spiro atoms. The zero-order valence-electron chi connectivity index (χ0n) is 15.9. The molecule has 0 saturated heterocycles. The molecule has 0 atom stereocenters. The quantitative estimate of drug-likeness (QED) is 0.373. The predicted octanol–water partition coefficient (Wildman–Crippen LogP) is 5.91. The Hall–Kier alpha value is -3.24. The molecule has 0 amide bonds. The van der Waals surface area contributed by atoms with Gasteiger partial charge in [0.15, 0.2) is 0 Å². The Bertz CT molecular complexity index is 1180. The highest BCUT2D eigenvalue weighted by molar-refractivity contribution is 6.32. The fourth-order valence-corrected chi connectivity index (χ4v) is 3.23. The van der Waals surface area contributed by atoms with E-state index in [0.29, 0.717) is 41.2 Å². The van der Waals surface area contributed by atoms with E-state index in [0.717, 1.165) is 11.1 Å². The van der Waals surface area contributed by atoms with Crippen LogP contribution in [-0.2, 0) is 13.2 Å². The van der Waals surface area contributed by atoms with Crippen molar-refractivity contribution in [3.05, 3.63) is 105 Å². The van der Waals surface area contributed by atoms with Gasteiger partial charge in [-0.05, 0) is 23.6 Å². The van der Waals surface area contributed by atoms with Crippen LogP contribution in [0.5, 0.6) is 11.5 Å². The Morgan fingerprint density at radius 1 is 0.862 bits per heavy atom. The minimum atomic E-state index is -0.578. The Morgan fingerprint density at radius 2 is 1.45 bits per heavy atom. The molecule has 0 radical (unpaired) electrons. The lowest BCUT2D eigenvalue weighted by atomic mass is 10.1. The molecule has 4 nitrogen and oxygen atoms in total. The third-order valence-electron chi connectivity index (χ3n) is 4.61. The van der Waals surface area contributed by atoms with Crippen LogP contribution in [0.15, 0.2) is 82.0 Å². The molecule has 29 heavy (non-hydrogen) atoms.